The summed E-state index contributed by atoms with van der Waals surface area (Å²) in [5.41, 5.74) is 0.394. The third kappa shape index (κ3) is 3.85. The van der Waals surface area contributed by atoms with Crippen LogP contribution in [0.15, 0.2) is 18.2 Å². The van der Waals surface area contributed by atoms with Crippen LogP contribution in [-0.2, 0) is 0 Å². The molecule has 1 N–H and O–H groups in total. The number of nitrogens with one attached hydrogen (secondary N) is 1. The van der Waals surface area contributed by atoms with Gasteiger partial charge in [-0.25, -0.2) is 0 Å². The summed E-state index contributed by atoms with van der Waals surface area (Å²) in [6.45, 7) is 0. The van der Waals surface area contributed by atoms with Gasteiger partial charge < -0.3 is 5.32 Å². The van der Waals surface area contributed by atoms with Gasteiger partial charge in [0.25, 0.3) is 0 Å². The van der Waals surface area contributed by atoms with Gasteiger partial charge in [0.05, 0.1) is 6.42 Å². The molecular weight excluding hydrogens is 262 g/mol. The molecule has 1 atom stereocenters. The van der Waals surface area contributed by atoms with E-state index in [4.69, 9.17) is 23.2 Å². The first-order chi connectivity index (χ1) is 7.33. The van der Waals surface area contributed by atoms with Crippen LogP contribution >= 0.6 is 23.2 Å². The van der Waals surface area contributed by atoms with E-state index >= 15 is 0 Å². The van der Waals surface area contributed by atoms with Crippen LogP contribution in [0.1, 0.15) is 18.0 Å². The van der Waals surface area contributed by atoms with E-state index in [0.29, 0.717) is 10.6 Å². The van der Waals surface area contributed by atoms with Crippen LogP contribution in [0, 0.1) is 0 Å². The van der Waals surface area contributed by atoms with E-state index in [9.17, 15) is 13.2 Å². The first-order valence-electron chi connectivity index (χ1n) is 4.52. The van der Waals surface area contributed by atoms with Gasteiger partial charge in [-0.15, -0.1) is 0 Å². The molecule has 0 bridgehead atoms. The second-order valence-electron chi connectivity index (χ2n) is 3.33. The number of rotatable bonds is 3. The standard InChI is InChI=1S/C10H10Cl2F3N/c1-16-9(5-10(13,14)15)7-3-2-6(11)4-8(7)12/h2-4,9,16H,5H2,1H3. The molecule has 1 nitrogen and oxygen atoms in total. The topological polar surface area (TPSA) is 12.0 Å². The highest BCUT2D eigenvalue weighted by molar-refractivity contribution is 6.35. The first-order valence-corrected chi connectivity index (χ1v) is 5.28. The maximum atomic E-state index is 12.3. The quantitative estimate of drug-likeness (QED) is 0.869. The van der Waals surface area contributed by atoms with E-state index in [1.165, 1.54) is 25.2 Å². The first kappa shape index (κ1) is 13.6. The van der Waals surface area contributed by atoms with Gasteiger partial charge in [-0.2, -0.15) is 13.2 Å². The summed E-state index contributed by atoms with van der Waals surface area (Å²) in [5, 5.41) is 3.22. The van der Waals surface area contributed by atoms with E-state index in [1.54, 1.807) is 0 Å². The average molecular weight is 272 g/mol. The van der Waals surface area contributed by atoms with Crippen molar-refractivity contribution >= 4 is 23.2 Å². The van der Waals surface area contributed by atoms with Crippen molar-refractivity contribution < 1.29 is 13.2 Å². The molecule has 1 aromatic rings. The number of hydrogen-bond donors (Lipinski definition) is 1. The summed E-state index contributed by atoms with van der Waals surface area (Å²) in [6.07, 6.45) is -5.21. The molecule has 0 aliphatic heterocycles. The lowest BCUT2D eigenvalue weighted by Crippen LogP contribution is -2.23. The van der Waals surface area contributed by atoms with E-state index in [2.05, 4.69) is 5.32 Å². The molecule has 0 saturated heterocycles. The Bertz CT molecular complexity index is 366. The number of hydrogen-bond acceptors (Lipinski definition) is 1. The summed E-state index contributed by atoms with van der Waals surface area (Å²) in [4.78, 5) is 0. The minimum atomic E-state index is -4.24. The van der Waals surface area contributed by atoms with Crippen LogP contribution < -0.4 is 5.32 Å². The molecule has 0 amide bonds. The smallest absolute Gasteiger partial charge is 0.313 e. The van der Waals surface area contributed by atoms with Crippen molar-refractivity contribution in [2.75, 3.05) is 7.05 Å². The van der Waals surface area contributed by atoms with E-state index in [1.807, 2.05) is 0 Å². The van der Waals surface area contributed by atoms with Crippen LogP contribution in [0.3, 0.4) is 0 Å². The Morgan fingerprint density at radius 2 is 1.94 bits per heavy atom. The zero-order valence-corrected chi connectivity index (χ0v) is 9.92. The summed E-state index contributed by atoms with van der Waals surface area (Å²) in [7, 11) is 1.46. The van der Waals surface area contributed by atoms with Crippen molar-refractivity contribution in [1.82, 2.24) is 5.32 Å². The minimum Gasteiger partial charge on any atom is -0.313 e. The fourth-order valence-electron chi connectivity index (χ4n) is 1.38. The van der Waals surface area contributed by atoms with E-state index < -0.39 is 18.6 Å². The van der Waals surface area contributed by atoms with Gasteiger partial charge >= 0.3 is 6.18 Å². The van der Waals surface area contributed by atoms with Crippen LogP contribution in [0.25, 0.3) is 0 Å². The van der Waals surface area contributed by atoms with Crippen LogP contribution in [-0.4, -0.2) is 13.2 Å². The average Bonchev–Trinajstić information content (AvgIpc) is 2.13. The van der Waals surface area contributed by atoms with Crippen molar-refractivity contribution in [2.24, 2.45) is 0 Å². The molecule has 16 heavy (non-hydrogen) atoms. The Kier molecular flexibility index (Phi) is 4.47. The highest BCUT2D eigenvalue weighted by Crippen LogP contribution is 2.33. The predicted molar refractivity (Wildman–Crippen MR) is 58.9 cm³/mol. The van der Waals surface area contributed by atoms with Gasteiger partial charge in [0.1, 0.15) is 0 Å². The summed E-state index contributed by atoms with van der Waals surface area (Å²) >= 11 is 11.5. The van der Waals surface area contributed by atoms with Crippen LogP contribution in [0.2, 0.25) is 10.0 Å². The monoisotopic (exact) mass is 271 g/mol. The Balaban J connectivity index is 2.95. The van der Waals surface area contributed by atoms with Gasteiger partial charge in [-0.05, 0) is 24.7 Å². The number of benzene rings is 1. The normalized spacial score (nSPS) is 13.9. The Labute approximate surface area is 102 Å². The molecule has 0 radical (unpaired) electrons. The van der Waals surface area contributed by atoms with Gasteiger partial charge in [0.15, 0.2) is 0 Å². The molecule has 0 fully saturated rings. The summed E-state index contributed by atoms with van der Waals surface area (Å²) < 4.78 is 36.8. The molecule has 90 valence electrons. The molecule has 0 spiro atoms. The molecular formula is C10H10Cl2F3N. The van der Waals surface area contributed by atoms with Gasteiger partial charge in [0.2, 0.25) is 0 Å². The Hall–Kier alpha value is -0.450. The molecule has 0 aliphatic carbocycles. The largest absolute Gasteiger partial charge is 0.390 e. The SMILES string of the molecule is CNC(CC(F)(F)F)c1ccc(Cl)cc1Cl. The highest BCUT2D eigenvalue weighted by atomic mass is 35.5. The Morgan fingerprint density at radius 3 is 2.38 bits per heavy atom. The van der Waals surface area contributed by atoms with E-state index in [-0.39, 0.29) is 5.02 Å². The molecule has 0 heterocycles. The molecule has 0 aromatic heterocycles. The molecule has 1 rings (SSSR count). The van der Waals surface area contributed by atoms with Crippen molar-refractivity contribution in [3.63, 3.8) is 0 Å². The van der Waals surface area contributed by atoms with Gasteiger partial charge in [0, 0.05) is 16.1 Å². The van der Waals surface area contributed by atoms with Gasteiger partial charge in [-0.3, -0.25) is 0 Å². The second-order valence-corrected chi connectivity index (χ2v) is 4.17. The van der Waals surface area contributed by atoms with Crippen molar-refractivity contribution in [1.29, 1.82) is 0 Å². The zero-order chi connectivity index (χ0) is 12.3. The molecule has 1 aromatic carbocycles. The maximum Gasteiger partial charge on any atom is 0.390 e. The lowest BCUT2D eigenvalue weighted by molar-refractivity contribution is -0.140. The minimum absolute atomic E-state index is 0.233. The van der Waals surface area contributed by atoms with Crippen molar-refractivity contribution in [2.45, 2.75) is 18.6 Å². The fraction of sp³-hybridized carbons (Fsp3) is 0.400. The highest BCUT2D eigenvalue weighted by Gasteiger charge is 2.32. The zero-order valence-electron chi connectivity index (χ0n) is 8.41. The molecule has 0 aliphatic rings. The molecule has 6 heteroatoms. The molecule has 0 saturated carbocycles. The maximum absolute atomic E-state index is 12.3. The Morgan fingerprint density at radius 1 is 1.31 bits per heavy atom. The third-order valence-corrected chi connectivity index (χ3v) is 2.68. The summed E-state index contributed by atoms with van der Waals surface area (Å²) in [6, 6.07) is 3.59. The van der Waals surface area contributed by atoms with Crippen molar-refractivity contribution in [3.8, 4) is 0 Å². The predicted octanol–water partition coefficient (Wildman–Crippen LogP) is 4.21. The molecule has 1 unspecified atom stereocenters. The summed E-state index contributed by atoms with van der Waals surface area (Å²) in [5.74, 6) is 0. The third-order valence-electron chi connectivity index (χ3n) is 2.12. The number of alkyl halides is 3. The van der Waals surface area contributed by atoms with E-state index in [0.717, 1.165) is 0 Å². The lowest BCUT2D eigenvalue weighted by Gasteiger charge is -2.19. The van der Waals surface area contributed by atoms with Crippen molar-refractivity contribution in [3.05, 3.63) is 33.8 Å². The fourth-order valence-corrected chi connectivity index (χ4v) is 1.92. The lowest BCUT2D eigenvalue weighted by atomic mass is 10.0. The second kappa shape index (κ2) is 5.25. The van der Waals surface area contributed by atoms with Crippen LogP contribution in [0.4, 0.5) is 13.2 Å². The van der Waals surface area contributed by atoms with Crippen LogP contribution in [0.5, 0.6) is 0 Å². The van der Waals surface area contributed by atoms with Gasteiger partial charge in [-0.1, -0.05) is 29.3 Å². The number of halogens is 5.